The maximum Gasteiger partial charge on any atom is 0.180 e. The Morgan fingerprint density at radius 2 is 2.13 bits per heavy atom. The second-order valence-electron chi connectivity index (χ2n) is 3.25. The summed E-state index contributed by atoms with van der Waals surface area (Å²) in [6.45, 7) is 1.24. The van der Waals surface area contributed by atoms with Crippen LogP contribution in [-0.2, 0) is 6.42 Å². The van der Waals surface area contributed by atoms with E-state index in [2.05, 4.69) is 6.07 Å². The predicted molar refractivity (Wildman–Crippen MR) is 56.4 cm³/mol. The van der Waals surface area contributed by atoms with Crippen LogP contribution in [-0.4, -0.2) is 13.2 Å². The molecule has 0 spiro atoms. The molecule has 0 atom stereocenters. The van der Waals surface area contributed by atoms with Crippen molar-refractivity contribution in [1.29, 1.82) is 5.26 Å². The third-order valence-corrected chi connectivity index (χ3v) is 2.62. The Balaban J connectivity index is 2.42. The molecule has 1 aliphatic heterocycles. The zero-order valence-corrected chi connectivity index (χ0v) is 8.88. The smallest absolute Gasteiger partial charge is 0.180 e. The van der Waals surface area contributed by atoms with Crippen LogP contribution < -0.4 is 9.47 Å². The van der Waals surface area contributed by atoms with E-state index >= 15 is 0 Å². The average Bonchev–Trinajstić information content (AvgIpc) is 2.48. The molecular weight excluding hydrogens is 214 g/mol. The molecule has 0 saturated heterocycles. The Hall–Kier alpha value is -1.40. The van der Waals surface area contributed by atoms with E-state index in [-0.39, 0.29) is 6.42 Å². The highest BCUT2D eigenvalue weighted by molar-refractivity contribution is 6.33. The van der Waals surface area contributed by atoms with Crippen LogP contribution in [0.5, 0.6) is 11.5 Å². The number of halogens is 1. The normalized spacial score (nSPS) is 14.1. The van der Waals surface area contributed by atoms with E-state index < -0.39 is 0 Å². The van der Waals surface area contributed by atoms with E-state index in [1.807, 2.05) is 0 Å². The molecule has 4 heteroatoms. The minimum Gasteiger partial charge on any atom is -0.490 e. The molecule has 0 radical (unpaired) electrons. The van der Waals surface area contributed by atoms with Gasteiger partial charge in [-0.25, -0.2) is 0 Å². The van der Waals surface area contributed by atoms with Crippen molar-refractivity contribution in [3.63, 3.8) is 0 Å². The lowest BCUT2D eigenvalue weighted by Crippen LogP contribution is -1.97. The van der Waals surface area contributed by atoms with Gasteiger partial charge >= 0.3 is 0 Å². The molecule has 0 bridgehead atoms. The highest BCUT2D eigenvalue weighted by Gasteiger charge is 2.16. The van der Waals surface area contributed by atoms with Gasteiger partial charge in [-0.15, -0.1) is 0 Å². The average molecular weight is 224 g/mol. The van der Waals surface area contributed by atoms with Crippen LogP contribution in [0.1, 0.15) is 12.0 Å². The van der Waals surface area contributed by atoms with E-state index in [0.717, 1.165) is 12.0 Å². The van der Waals surface area contributed by atoms with Crippen molar-refractivity contribution in [3.05, 3.63) is 22.7 Å². The topological polar surface area (TPSA) is 42.2 Å². The lowest BCUT2D eigenvalue weighted by atomic mass is 10.1. The Bertz CT molecular complexity index is 412. The Morgan fingerprint density at radius 3 is 2.93 bits per heavy atom. The van der Waals surface area contributed by atoms with Crippen molar-refractivity contribution in [2.24, 2.45) is 0 Å². The van der Waals surface area contributed by atoms with E-state index in [1.165, 1.54) is 0 Å². The van der Waals surface area contributed by atoms with Gasteiger partial charge in [-0.05, 0) is 11.6 Å². The SMILES string of the molecule is N#CCc1ccc2c(c1Cl)OCCCO2. The molecule has 3 nitrogen and oxygen atoms in total. The minimum atomic E-state index is 0.287. The van der Waals surface area contributed by atoms with Gasteiger partial charge in [-0.3, -0.25) is 0 Å². The number of benzene rings is 1. The number of rotatable bonds is 1. The number of fused-ring (bicyclic) bond motifs is 1. The highest BCUT2D eigenvalue weighted by Crippen LogP contribution is 2.39. The summed E-state index contributed by atoms with van der Waals surface area (Å²) in [7, 11) is 0. The van der Waals surface area contributed by atoms with Crippen LogP contribution in [0.4, 0.5) is 0 Å². The second-order valence-corrected chi connectivity index (χ2v) is 3.63. The molecular formula is C11H10ClNO2. The Morgan fingerprint density at radius 1 is 1.33 bits per heavy atom. The number of nitrogens with zero attached hydrogens (tertiary/aromatic N) is 1. The van der Waals surface area contributed by atoms with Gasteiger partial charge in [0, 0.05) is 6.42 Å². The van der Waals surface area contributed by atoms with Gasteiger partial charge in [-0.1, -0.05) is 17.7 Å². The van der Waals surface area contributed by atoms with Gasteiger partial charge in [-0.2, -0.15) is 5.26 Å². The first-order valence-electron chi connectivity index (χ1n) is 4.77. The first-order chi connectivity index (χ1) is 7.33. The van der Waals surface area contributed by atoms with Gasteiger partial charge in [0.1, 0.15) is 0 Å². The van der Waals surface area contributed by atoms with Gasteiger partial charge in [0.15, 0.2) is 11.5 Å². The van der Waals surface area contributed by atoms with Crippen molar-refractivity contribution in [2.45, 2.75) is 12.8 Å². The van der Waals surface area contributed by atoms with Crippen LogP contribution in [0.3, 0.4) is 0 Å². The Labute approximate surface area is 93.2 Å². The molecule has 0 aromatic heterocycles. The van der Waals surface area contributed by atoms with Gasteiger partial charge < -0.3 is 9.47 Å². The maximum atomic E-state index is 8.62. The molecule has 0 fully saturated rings. The zero-order chi connectivity index (χ0) is 10.7. The molecule has 0 amide bonds. The quantitative estimate of drug-likeness (QED) is 0.735. The van der Waals surface area contributed by atoms with Crippen molar-refractivity contribution >= 4 is 11.6 Å². The number of hydrogen-bond donors (Lipinski definition) is 0. The molecule has 0 saturated carbocycles. The highest BCUT2D eigenvalue weighted by atomic mass is 35.5. The lowest BCUT2D eigenvalue weighted by Gasteiger charge is -2.10. The van der Waals surface area contributed by atoms with Crippen LogP contribution in [0.2, 0.25) is 5.02 Å². The minimum absolute atomic E-state index is 0.287. The van der Waals surface area contributed by atoms with E-state index in [4.69, 9.17) is 26.3 Å². The number of nitriles is 1. The summed E-state index contributed by atoms with van der Waals surface area (Å²) in [6.07, 6.45) is 1.13. The second kappa shape index (κ2) is 4.41. The standard InChI is InChI=1S/C11H10ClNO2/c12-10-8(4-5-13)2-3-9-11(10)15-7-1-6-14-9/h2-3H,1,4,6-7H2. The fraction of sp³-hybridized carbons (Fsp3) is 0.364. The van der Waals surface area contributed by atoms with Crippen LogP contribution in [0.25, 0.3) is 0 Å². The number of hydrogen-bond acceptors (Lipinski definition) is 3. The summed E-state index contributed by atoms with van der Waals surface area (Å²) >= 11 is 6.12. The Kier molecular flexibility index (Phi) is 2.98. The first kappa shape index (κ1) is 10.1. The molecule has 1 heterocycles. The maximum absolute atomic E-state index is 8.62. The van der Waals surface area contributed by atoms with Crippen molar-refractivity contribution in [1.82, 2.24) is 0 Å². The van der Waals surface area contributed by atoms with E-state index in [1.54, 1.807) is 12.1 Å². The fourth-order valence-electron chi connectivity index (χ4n) is 1.46. The van der Waals surface area contributed by atoms with Crippen LogP contribution in [0.15, 0.2) is 12.1 Å². The summed E-state index contributed by atoms with van der Waals surface area (Å²) < 4.78 is 11.0. The molecule has 0 unspecified atom stereocenters. The van der Waals surface area contributed by atoms with Gasteiger partial charge in [0.05, 0.1) is 30.7 Å². The van der Waals surface area contributed by atoms with Crippen molar-refractivity contribution in [3.8, 4) is 17.6 Å². The third kappa shape index (κ3) is 2.00. The summed E-state index contributed by atoms with van der Waals surface area (Å²) in [6, 6.07) is 5.68. The van der Waals surface area contributed by atoms with Gasteiger partial charge in [0.25, 0.3) is 0 Å². The summed E-state index contributed by atoms with van der Waals surface area (Å²) in [5.74, 6) is 1.24. The third-order valence-electron chi connectivity index (χ3n) is 2.20. The molecule has 78 valence electrons. The molecule has 0 aliphatic carbocycles. The molecule has 1 aliphatic rings. The largest absolute Gasteiger partial charge is 0.490 e. The summed E-state index contributed by atoms with van der Waals surface area (Å²) in [5.41, 5.74) is 0.781. The van der Waals surface area contributed by atoms with Crippen molar-refractivity contribution < 1.29 is 9.47 Å². The fourth-order valence-corrected chi connectivity index (χ4v) is 1.74. The zero-order valence-electron chi connectivity index (χ0n) is 8.12. The molecule has 2 rings (SSSR count). The monoisotopic (exact) mass is 223 g/mol. The first-order valence-corrected chi connectivity index (χ1v) is 5.14. The van der Waals surface area contributed by atoms with Crippen molar-refractivity contribution in [2.75, 3.05) is 13.2 Å². The molecule has 1 aromatic rings. The summed E-state index contributed by atoms with van der Waals surface area (Å²) in [5, 5.41) is 9.12. The predicted octanol–water partition coefficient (Wildman–Crippen LogP) is 2.57. The molecule has 0 N–H and O–H groups in total. The van der Waals surface area contributed by atoms with Crippen LogP contribution in [0, 0.1) is 11.3 Å². The molecule has 1 aromatic carbocycles. The molecule has 15 heavy (non-hydrogen) atoms. The van der Waals surface area contributed by atoms with Gasteiger partial charge in [0.2, 0.25) is 0 Å². The number of ether oxygens (including phenoxy) is 2. The van der Waals surface area contributed by atoms with E-state index in [9.17, 15) is 0 Å². The lowest BCUT2D eigenvalue weighted by molar-refractivity contribution is 0.297. The van der Waals surface area contributed by atoms with E-state index in [0.29, 0.717) is 29.7 Å². The summed E-state index contributed by atoms with van der Waals surface area (Å²) in [4.78, 5) is 0. The van der Waals surface area contributed by atoms with Crippen LogP contribution >= 0.6 is 11.6 Å².